The van der Waals surface area contributed by atoms with Gasteiger partial charge in [-0.05, 0) is 38.1 Å². The number of carboxylic acids is 1. The van der Waals surface area contributed by atoms with Gasteiger partial charge < -0.3 is 9.84 Å². The molecule has 1 aromatic carbocycles. The van der Waals surface area contributed by atoms with Gasteiger partial charge in [-0.25, -0.2) is 4.79 Å². The lowest BCUT2D eigenvalue weighted by atomic mass is 10.2. The van der Waals surface area contributed by atoms with Crippen LogP contribution in [0.15, 0.2) is 29.9 Å². The molecule has 0 radical (unpaired) electrons. The van der Waals surface area contributed by atoms with Gasteiger partial charge in [0, 0.05) is 16.7 Å². The van der Waals surface area contributed by atoms with Gasteiger partial charge in [-0.15, -0.1) is 0 Å². The van der Waals surface area contributed by atoms with E-state index in [1.54, 1.807) is 12.1 Å². The topological polar surface area (TPSA) is 46.5 Å². The quantitative estimate of drug-likeness (QED) is 0.646. The summed E-state index contributed by atoms with van der Waals surface area (Å²) in [4.78, 5) is 10.6. The smallest absolute Gasteiger partial charge is 0.328 e. The normalized spacial score (nSPS) is 10.5. The van der Waals surface area contributed by atoms with Crippen LogP contribution in [-0.2, 0) is 4.79 Å². The van der Waals surface area contributed by atoms with Crippen molar-refractivity contribution in [1.29, 1.82) is 0 Å². The molecule has 0 saturated carbocycles. The van der Waals surface area contributed by atoms with Crippen molar-refractivity contribution in [2.75, 3.05) is 6.61 Å². The van der Waals surface area contributed by atoms with E-state index in [4.69, 9.17) is 33.0 Å². The Labute approximate surface area is 122 Å². The zero-order valence-electron chi connectivity index (χ0n) is 10.6. The van der Waals surface area contributed by atoms with Gasteiger partial charge in [0.25, 0.3) is 0 Å². The summed E-state index contributed by atoms with van der Waals surface area (Å²) in [6.45, 7) is 4.27. The minimum Gasteiger partial charge on any atom is -0.487 e. The van der Waals surface area contributed by atoms with E-state index < -0.39 is 5.97 Å². The summed E-state index contributed by atoms with van der Waals surface area (Å²) in [5.74, 6) is -0.632. The summed E-state index contributed by atoms with van der Waals surface area (Å²) in [6, 6.07) is 3.16. The molecule has 5 heteroatoms. The Morgan fingerprint density at radius 2 is 2.05 bits per heavy atom. The maximum absolute atomic E-state index is 10.6. The SMILES string of the molecule is CC(C)=CCOc1c(Cl)cc(Cl)cc1/C=C/C(=O)O. The first kappa shape index (κ1) is 15.6. The molecular weight excluding hydrogens is 287 g/mol. The molecule has 1 N–H and O–H groups in total. The van der Waals surface area contributed by atoms with Gasteiger partial charge in [0.05, 0.1) is 5.02 Å². The van der Waals surface area contributed by atoms with Crippen molar-refractivity contribution in [3.8, 4) is 5.75 Å². The molecular formula is C14H14Cl2O3. The van der Waals surface area contributed by atoms with E-state index in [2.05, 4.69) is 0 Å². The van der Waals surface area contributed by atoms with Crippen LogP contribution in [0.2, 0.25) is 10.0 Å². The van der Waals surface area contributed by atoms with Crippen LogP contribution in [0.25, 0.3) is 6.08 Å². The maximum Gasteiger partial charge on any atom is 0.328 e. The molecule has 0 aliphatic carbocycles. The summed E-state index contributed by atoms with van der Waals surface area (Å²) in [5, 5.41) is 9.42. The van der Waals surface area contributed by atoms with Gasteiger partial charge in [0.2, 0.25) is 0 Å². The van der Waals surface area contributed by atoms with Crippen LogP contribution in [0, 0.1) is 0 Å². The first-order valence-electron chi connectivity index (χ1n) is 5.56. The number of hydrogen-bond donors (Lipinski definition) is 1. The average Bonchev–Trinajstić information content (AvgIpc) is 2.28. The summed E-state index contributed by atoms with van der Waals surface area (Å²) in [7, 11) is 0. The fourth-order valence-corrected chi connectivity index (χ4v) is 1.87. The molecule has 0 amide bonds. The van der Waals surface area contributed by atoms with Gasteiger partial charge in [-0.2, -0.15) is 0 Å². The number of ether oxygens (including phenoxy) is 1. The molecule has 0 unspecified atom stereocenters. The molecule has 1 aromatic rings. The number of hydrogen-bond acceptors (Lipinski definition) is 2. The van der Waals surface area contributed by atoms with Crippen molar-refractivity contribution < 1.29 is 14.6 Å². The highest BCUT2D eigenvalue weighted by atomic mass is 35.5. The number of halogens is 2. The van der Waals surface area contributed by atoms with Crippen molar-refractivity contribution in [3.63, 3.8) is 0 Å². The third kappa shape index (κ3) is 5.37. The van der Waals surface area contributed by atoms with Crippen molar-refractivity contribution >= 4 is 35.2 Å². The lowest BCUT2D eigenvalue weighted by Crippen LogP contribution is -1.97. The number of benzene rings is 1. The van der Waals surface area contributed by atoms with E-state index >= 15 is 0 Å². The first-order valence-corrected chi connectivity index (χ1v) is 6.32. The van der Waals surface area contributed by atoms with Crippen LogP contribution < -0.4 is 4.74 Å². The van der Waals surface area contributed by atoms with Crippen LogP contribution >= 0.6 is 23.2 Å². The van der Waals surface area contributed by atoms with E-state index in [1.807, 2.05) is 19.9 Å². The van der Waals surface area contributed by atoms with Crippen LogP contribution in [0.3, 0.4) is 0 Å². The lowest BCUT2D eigenvalue weighted by molar-refractivity contribution is -0.131. The number of carbonyl (C=O) groups is 1. The Hall–Kier alpha value is -1.45. The number of carboxylic acid groups (broad SMARTS) is 1. The molecule has 0 fully saturated rings. The molecule has 102 valence electrons. The van der Waals surface area contributed by atoms with Gasteiger partial charge in [-0.1, -0.05) is 28.8 Å². The average molecular weight is 301 g/mol. The second-order valence-corrected chi connectivity index (χ2v) is 4.91. The summed E-state index contributed by atoms with van der Waals surface area (Å²) >= 11 is 11.9. The van der Waals surface area contributed by atoms with Crippen molar-refractivity contribution in [3.05, 3.63) is 45.5 Å². The standard InChI is InChI=1S/C14H14Cl2O3/c1-9(2)5-6-19-14-10(3-4-13(17)18)7-11(15)8-12(14)16/h3-5,7-8H,6H2,1-2H3,(H,17,18)/b4-3+. The van der Waals surface area contributed by atoms with E-state index in [0.29, 0.717) is 28.0 Å². The van der Waals surface area contributed by atoms with Gasteiger partial charge in [0.1, 0.15) is 12.4 Å². The summed E-state index contributed by atoms with van der Waals surface area (Å²) in [5.41, 5.74) is 1.65. The molecule has 19 heavy (non-hydrogen) atoms. The fraction of sp³-hybridized carbons (Fsp3) is 0.214. The number of allylic oxidation sites excluding steroid dienone is 1. The number of rotatable bonds is 5. The third-order valence-corrected chi connectivity index (χ3v) is 2.66. The molecule has 0 aliphatic heterocycles. The molecule has 0 saturated heterocycles. The maximum atomic E-state index is 10.6. The highest BCUT2D eigenvalue weighted by Crippen LogP contribution is 2.33. The molecule has 0 heterocycles. The largest absolute Gasteiger partial charge is 0.487 e. The molecule has 3 nitrogen and oxygen atoms in total. The van der Waals surface area contributed by atoms with E-state index in [1.165, 1.54) is 6.08 Å². The minimum absolute atomic E-state index is 0.347. The highest BCUT2D eigenvalue weighted by Gasteiger charge is 2.08. The molecule has 0 bridgehead atoms. The molecule has 1 rings (SSSR count). The number of aliphatic carboxylic acids is 1. The summed E-state index contributed by atoms with van der Waals surface area (Å²) < 4.78 is 5.55. The Morgan fingerprint density at radius 1 is 1.37 bits per heavy atom. The first-order chi connectivity index (χ1) is 8.90. The Bertz CT molecular complexity index is 530. The van der Waals surface area contributed by atoms with E-state index in [-0.39, 0.29) is 0 Å². The Morgan fingerprint density at radius 3 is 2.63 bits per heavy atom. The van der Waals surface area contributed by atoms with Gasteiger partial charge in [-0.3, -0.25) is 0 Å². The Kier molecular flexibility index (Phi) is 5.93. The monoisotopic (exact) mass is 300 g/mol. The molecule has 0 atom stereocenters. The molecule has 0 aromatic heterocycles. The summed E-state index contributed by atoms with van der Waals surface area (Å²) in [6.07, 6.45) is 4.31. The van der Waals surface area contributed by atoms with Gasteiger partial charge >= 0.3 is 5.97 Å². The minimum atomic E-state index is -1.05. The lowest BCUT2D eigenvalue weighted by Gasteiger charge is -2.10. The molecule has 0 aliphatic rings. The van der Waals surface area contributed by atoms with Crippen molar-refractivity contribution in [2.24, 2.45) is 0 Å². The Balaban J connectivity index is 3.06. The molecule has 0 spiro atoms. The zero-order chi connectivity index (χ0) is 14.4. The second kappa shape index (κ2) is 7.22. The van der Waals surface area contributed by atoms with Crippen molar-refractivity contribution in [1.82, 2.24) is 0 Å². The third-order valence-electron chi connectivity index (χ3n) is 2.16. The second-order valence-electron chi connectivity index (χ2n) is 4.07. The van der Waals surface area contributed by atoms with Crippen LogP contribution in [0.5, 0.6) is 5.75 Å². The van der Waals surface area contributed by atoms with Crippen molar-refractivity contribution in [2.45, 2.75) is 13.8 Å². The van der Waals surface area contributed by atoms with Crippen LogP contribution in [0.1, 0.15) is 19.4 Å². The predicted molar refractivity (Wildman–Crippen MR) is 78.1 cm³/mol. The van der Waals surface area contributed by atoms with Crippen LogP contribution in [-0.4, -0.2) is 17.7 Å². The van der Waals surface area contributed by atoms with E-state index in [0.717, 1.165) is 11.6 Å². The fourth-order valence-electron chi connectivity index (χ4n) is 1.31. The van der Waals surface area contributed by atoms with Gasteiger partial charge in [0.15, 0.2) is 0 Å². The van der Waals surface area contributed by atoms with E-state index in [9.17, 15) is 4.79 Å². The highest BCUT2D eigenvalue weighted by molar-refractivity contribution is 6.35. The van der Waals surface area contributed by atoms with Crippen LogP contribution in [0.4, 0.5) is 0 Å². The zero-order valence-corrected chi connectivity index (χ0v) is 12.1. The predicted octanol–water partition coefficient (Wildman–Crippen LogP) is 4.44.